The summed E-state index contributed by atoms with van der Waals surface area (Å²) in [4.78, 5) is 0. The number of aliphatic hydroxyl groups excluding tert-OH is 3. The van der Waals surface area contributed by atoms with Gasteiger partial charge in [0.15, 0.2) is 0 Å². The molecule has 0 spiro atoms. The van der Waals surface area contributed by atoms with E-state index in [1.54, 1.807) is 0 Å². The Morgan fingerprint density at radius 1 is 1.06 bits per heavy atom. The normalized spacial score (nSPS) is 32.7. The highest BCUT2D eigenvalue weighted by atomic mass is 16.3. The second kappa shape index (κ2) is 8.86. The predicted molar refractivity (Wildman–Crippen MR) is 72.4 cm³/mol. The van der Waals surface area contributed by atoms with Crippen molar-refractivity contribution in [2.24, 2.45) is 5.92 Å². The van der Waals surface area contributed by atoms with Crippen LogP contribution in [0.25, 0.3) is 0 Å². The molecule has 0 aromatic carbocycles. The SMILES string of the molecule is CCCCCCCC[C@H]1NC[C@@H](O)[C@H](O)[C@H]1CO. The van der Waals surface area contributed by atoms with E-state index in [4.69, 9.17) is 0 Å². The number of nitrogens with one attached hydrogen (secondary N) is 1. The zero-order valence-corrected chi connectivity index (χ0v) is 11.5. The van der Waals surface area contributed by atoms with Crippen molar-refractivity contribution in [1.29, 1.82) is 0 Å². The zero-order chi connectivity index (χ0) is 13.4. The molecule has 1 heterocycles. The largest absolute Gasteiger partial charge is 0.396 e. The van der Waals surface area contributed by atoms with Crippen LogP contribution in [-0.4, -0.2) is 46.7 Å². The molecule has 4 heteroatoms. The maximum absolute atomic E-state index is 9.83. The van der Waals surface area contributed by atoms with Crippen molar-refractivity contribution < 1.29 is 15.3 Å². The molecule has 0 bridgehead atoms. The van der Waals surface area contributed by atoms with Gasteiger partial charge in [-0.3, -0.25) is 0 Å². The summed E-state index contributed by atoms with van der Waals surface area (Å²) in [6, 6.07) is 0.138. The van der Waals surface area contributed by atoms with E-state index >= 15 is 0 Å². The van der Waals surface area contributed by atoms with Crippen LogP contribution >= 0.6 is 0 Å². The Morgan fingerprint density at radius 2 is 1.72 bits per heavy atom. The van der Waals surface area contributed by atoms with E-state index in [0.29, 0.717) is 6.54 Å². The Bertz CT molecular complexity index is 213. The Morgan fingerprint density at radius 3 is 2.39 bits per heavy atom. The van der Waals surface area contributed by atoms with Gasteiger partial charge in [0.2, 0.25) is 0 Å². The smallest absolute Gasteiger partial charge is 0.0927 e. The minimum atomic E-state index is -0.790. The molecule has 4 atom stereocenters. The number of hydrogen-bond donors (Lipinski definition) is 4. The van der Waals surface area contributed by atoms with Gasteiger partial charge in [0.25, 0.3) is 0 Å². The lowest BCUT2D eigenvalue weighted by Crippen LogP contribution is -2.57. The van der Waals surface area contributed by atoms with E-state index in [1.165, 1.54) is 32.1 Å². The fraction of sp³-hybridized carbons (Fsp3) is 1.00. The molecule has 0 radical (unpaired) electrons. The molecule has 4 nitrogen and oxygen atoms in total. The van der Waals surface area contributed by atoms with Crippen LogP contribution in [-0.2, 0) is 0 Å². The summed E-state index contributed by atoms with van der Waals surface area (Å²) in [5, 5.41) is 31.9. The van der Waals surface area contributed by atoms with E-state index in [1.807, 2.05) is 0 Å². The van der Waals surface area contributed by atoms with Gasteiger partial charge >= 0.3 is 0 Å². The van der Waals surface area contributed by atoms with E-state index in [9.17, 15) is 15.3 Å². The monoisotopic (exact) mass is 259 g/mol. The molecule has 1 aliphatic rings. The van der Waals surface area contributed by atoms with Gasteiger partial charge in [-0.15, -0.1) is 0 Å². The minimum absolute atomic E-state index is 0.0638. The number of piperidine rings is 1. The summed E-state index contributed by atoms with van der Waals surface area (Å²) < 4.78 is 0. The van der Waals surface area contributed by atoms with Crippen molar-refractivity contribution in [2.75, 3.05) is 13.2 Å². The van der Waals surface area contributed by atoms with Gasteiger partial charge in [-0.05, 0) is 6.42 Å². The molecule has 0 aromatic heterocycles. The predicted octanol–water partition coefficient (Wildman–Crippen LogP) is 1.04. The Hall–Kier alpha value is -0.160. The summed E-state index contributed by atoms with van der Waals surface area (Å²) in [5.74, 6) is -0.232. The highest BCUT2D eigenvalue weighted by molar-refractivity contribution is 4.91. The van der Waals surface area contributed by atoms with Crippen molar-refractivity contribution in [3.05, 3.63) is 0 Å². The Balaban J connectivity index is 2.20. The maximum atomic E-state index is 9.83. The maximum Gasteiger partial charge on any atom is 0.0927 e. The third-order valence-electron chi connectivity index (χ3n) is 4.02. The minimum Gasteiger partial charge on any atom is -0.396 e. The third kappa shape index (κ3) is 4.84. The van der Waals surface area contributed by atoms with Crippen LogP contribution in [0.3, 0.4) is 0 Å². The van der Waals surface area contributed by atoms with Crippen LogP contribution < -0.4 is 5.32 Å². The number of β-amino-alcohol motifs (C(OH)–C–C–N with tert-alkyl or cyclic N) is 1. The molecule has 1 aliphatic heterocycles. The van der Waals surface area contributed by atoms with Crippen molar-refractivity contribution in [3.63, 3.8) is 0 Å². The van der Waals surface area contributed by atoms with E-state index in [0.717, 1.165) is 12.8 Å². The van der Waals surface area contributed by atoms with Crippen molar-refractivity contribution in [2.45, 2.75) is 70.1 Å². The van der Waals surface area contributed by atoms with Crippen molar-refractivity contribution >= 4 is 0 Å². The van der Waals surface area contributed by atoms with Crippen LogP contribution in [0.5, 0.6) is 0 Å². The first kappa shape index (κ1) is 15.9. The lowest BCUT2D eigenvalue weighted by molar-refractivity contribution is -0.0679. The van der Waals surface area contributed by atoms with Crippen LogP contribution in [0.2, 0.25) is 0 Å². The lowest BCUT2D eigenvalue weighted by Gasteiger charge is -2.38. The second-order valence-corrected chi connectivity index (χ2v) is 5.48. The van der Waals surface area contributed by atoms with Gasteiger partial charge in [0, 0.05) is 25.1 Å². The highest BCUT2D eigenvalue weighted by Crippen LogP contribution is 2.21. The molecule has 0 saturated carbocycles. The molecule has 0 amide bonds. The highest BCUT2D eigenvalue weighted by Gasteiger charge is 2.36. The summed E-state index contributed by atoms with van der Waals surface area (Å²) in [5.41, 5.74) is 0. The van der Waals surface area contributed by atoms with E-state index in [-0.39, 0.29) is 18.6 Å². The number of hydrogen-bond acceptors (Lipinski definition) is 4. The molecule has 18 heavy (non-hydrogen) atoms. The second-order valence-electron chi connectivity index (χ2n) is 5.48. The Kier molecular flexibility index (Phi) is 7.82. The van der Waals surface area contributed by atoms with E-state index in [2.05, 4.69) is 12.2 Å². The summed E-state index contributed by atoms with van der Waals surface area (Å²) >= 11 is 0. The Labute approximate surface area is 110 Å². The van der Waals surface area contributed by atoms with Crippen molar-refractivity contribution in [1.82, 2.24) is 5.32 Å². The van der Waals surface area contributed by atoms with Crippen LogP contribution in [0, 0.1) is 5.92 Å². The topological polar surface area (TPSA) is 72.7 Å². The first-order valence-electron chi connectivity index (χ1n) is 7.41. The molecule has 108 valence electrons. The van der Waals surface area contributed by atoms with Gasteiger partial charge in [0.1, 0.15) is 0 Å². The molecular formula is C14H29NO3. The quantitative estimate of drug-likeness (QED) is 0.492. The van der Waals surface area contributed by atoms with Crippen LogP contribution in [0.1, 0.15) is 51.9 Å². The van der Waals surface area contributed by atoms with Gasteiger partial charge in [-0.25, -0.2) is 0 Å². The fourth-order valence-corrected chi connectivity index (χ4v) is 2.76. The summed E-state index contributed by atoms with van der Waals surface area (Å²) in [7, 11) is 0. The summed E-state index contributed by atoms with van der Waals surface area (Å²) in [6.45, 7) is 2.58. The molecule has 0 unspecified atom stereocenters. The molecule has 1 fully saturated rings. The van der Waals surface area contributed by atoms with Gasteiger partial charge in [-0.1, -0.05) is 45.4 Å². The zero-order valence-electron chi connectivity index (χ0n) is 11.5. The fourth-order valence-electron chi connectivity index (χ4n) is 2.76. The summed E-state index contributed by atoms with van der Waals surface area (Å²) in [6.07, 6.45) is 6.93. The van der Waals surface area contributed by atoms with E-state index < -0.39 is 12.2 Å². The van der Waals surface area contributed by atoms with Crippen LogP contribution in [0.4, 0.5) is 0 Å². The van der Waals surface area contributed by atoms with Gasteiger partial charge in [0.05, 0.1) is 12.2 Å². The third-order valence-corrected chi connectivity index (χ3v) is 4.02. The van der Waals surface area contributed by atoms with Crippen LogP contribution in [0.15, 0.2) is 0 Å². The number of unbranched alkanes of at least 4 members (excludes halogenated alkanes) is 5. The number of rotatable bonds is 8. The average molecular weight is 259 g/mol. The van der Waals surface area contributed by atoms with Crippen molar-refractivity contribution in [3.8, 4) is 0 Å². The van der Waals surface area contributed by atoms with Gasteiger partial charge in [-0.2, -0.15) is 0 Å². The molecule has 0 aliphatic carbocycles. The standard InChI is InChI=1S/C14H29NO3/c1-2-3-4-5-6-7-8-12-11(10-16)14(18)13(17)9-15-12/h11-18H,2-10H2,1H3/t11-,12+,13+,14+/m0/s1. The average Bonchev–Trinajstić information content (AvgIpc) is 2.38. The lowest BCUT2D eigenvalue weighted by atomic mass is 9.84. The molecule has 1 rings (SSSR count). The molecule has 1 saturated heterocycles. The molecule has 4 N–H and O–H groups in total. The number of aliphatic hydroxyl groups is 3. The molecular weight excluding hydrogens is 230 g/mol. The van der Waals surface area contributed by atoms with Gasteiger partial charge < -0.3 is 20.6 Å². The molecule has 0 aromatic rings. The first-order chi connectivity index (χ1) is 8.70. The first-order valence-corrected chi connectivity index (χ1v) is 7.41.